The average molecular weight is 267 g/mol. The number of Topliss-reactive ketones (excluding diaryl/α,β-unsaturated/α-hetero) is 1. The molecule has 0 saturated carbocycles. The van der Waals surface area contributed by atoms with Crippen LogP contribution >= 0.6 is 22.9 Å². The zero-order valence-corrected chi connectivity index (χ0v) is 10.6. The smallest absolute Gasteiger partial charge is 0.175 e. The minimum absolute atomic E-state index is 0.0485. The van der Waals surface area contributed by atoms with Crippen molar-refractivity contribution in [3.63, 3.8) is 0 Å². The molecule has 0 N–H and O–H groups in total. The number of ketones is 1. The van der Waals surface area contributed by atoms with Crippen molar-refractivity contribution in [1.29, 1.82) is 0 Å². The van der Waals surface area contributed by atoms with Crippen LogP contribution in [0.1, 0.15) is 4.88 Å². The highest BCUT2D eigenvalue weighted by molar-refractivity contribution is 7.16. The molecule has 88 valence electrons. The SMILES string of the molecule is O=C(COc1ccccc1)Cc1ccc(Cl)s1. The fraction of sp³-hybridized carbons (Fsp3) is 0.154. The highest BCUT2D eigenvalue weighted by Crippen LogP contribution is 2.21. The molecule has 0 fully saturated rings. The fourth-order valence-electron chi connectivity index (χ4n) is 1.37. The van der Waals surface area contributed by atoms with Crippen LogP contribution in [0.15, 0.2) is 42.5 Å². The highest BCUT2D eigenvalue weighted by atomic mass is 35.5. The van der Waals surface area contributed by atoms with Gasteiger partial charge in [-0.15, -0.1) is 11.3 Å². The number of rotatable bonds is 5. The van der Waals surface area contributed by atoms with Crippen molar-refractivity contribution in [3.8, 4) is 5.75 Å². The molecular weight excluding hydrogens is 256 g/mol. The van der Waals surface area contributed by atoms with Crippen molar-refractivity contribution in [2.75, 3.05) is 6.61 Å². The number of hydrogen-bond donors (Lipinski definition) is 0. The molecule has 0 aliphatic heterocycles. The molecule has 0 aliphatic carbocycles. The Morgan fingerprint density at radius 1 is 1.18 bits per heavy atom. The monoisotopic (exact) mass is 266 g/mol. The molecule has 2 rings (SSSR count). The van der Waals surface area contributed by atoms with Gasteiger partial charge in [0.25, 0.3) is 0 Å². The van der Waals surface area contributed by atoms with Gasteiger partial charge in [0.2, 0.25) is 0 Å². The first kappa shape index (κ1) is 12.1. The lowest BCUT2D eigenvalue weighted by atomic mass is 10.2. The standard InChI is InChI=1S/C13H11ClO2S/c14-13-7-6-12(17-13)8-10(15)9-16-11-4-2-1-3-5-11/h1-7H,8-9H2. The zero-order chi connectivity index (χ0) is 12.1. The van der Waals surface area contributed by atoms with E-state index in [1.807, 2.05) is 36.4 Å². The lowest BCUT2D eigenvalue weighted by Crippen LogP contribution is -2.13. The van der Waals surface area contributed by atoms with Gasteiger partial charge in [-0.05, 0) is 24.3 Å². The van der Waals surface area contributed by atoms with Gasteiger partial charge in [0.1, 0.15) is 12.4 Å². The second-order valence-corrected chi connectivity index (χ2v) is 5.32. The van der Waals surface area contributed by atoms with Crippen LogP contribution in [-0.2, 0) is 11.2 Å². The van der Waals surface area contributed by atoms with Crippen LogP contribution in [0.5, 0.6) is 5.75 Å². The lowest BCUT2D eigenvalue weighted by molar-refractivity contribution is -0.120. The van der Waals surface area contributed by atoms with E-state index in [1.54, 1.807) is 6.07 Å². The summed E-state index contributed by atoms with van der Waals surface area (Å²) in [6.45, 7) is 0.0968. The van der Waals surface area contributed by atoms with E-state index in [1.165, 1.54) is 11.3 Å². The van der Waals surface area contributed by atoms with Gasteiger partial charge in [0.15, 0.2) is 5.78 Å². The van der Waals surface area contributed by atoms with Crippen molar-refractivity contribution >= 4 is 28.7 Å². The molecule has 2 nitrogen and oxygen atoms in total. The topological polar surface area (TPSA) is 26.3 Å². The maximum absolute atomic E-state index is 11.6. The number of ether oxygens (including phenoxy) is 1. The Balaban J connectivity index is 1.82. The van der Waals surface area contributed by atoms with Crippen molar-refractivity contribution in [2.24, 2.45) is 0 Å². The largest absolute Gasteiger partial charge is 0.486 e. The predicted octanol–water partition coefficient (Wildman–Crippen LogP) is 3.59. The van der Waals surface area contributed by atoms with E-state index in [-0.39, 0.29) is 12.4 Å². The molecule has 0 bridgehead atoms. The minimum Gasteiger partial charge on any atom is -0.486 e. The van der Waals surface area contributed by atoms with Crippen molar-refractivity contribution in [1.82, 2.24) is 0 Å². The molecule has 2 aromatic rings. The molecule has 1 aromatic heterocycles. The molecule has 4 heteroatoms. The summed E-state index contributed by atoms with van der Waals surface area (Å²) in [6.07, 6.45) is 0.379. The molecule has 0 radical (unpaired) electrons. The summed E-state index contributed by atoms with van der Waals surface area (Å²) in [5.74, 6) is 0.762. The number of halogens is 1. The summed E-state index contributed by atoms with van der Waals surface area (Å²) in [5.41, 5.74) is 0. The molecule has 0 unspecified atom stereocenters. The maximum atomic E-state index is 11.6. The third-order valence-corrected chi connectivity index (χ3v) is 3.37. The van der Waals surface area contributed by atoms with Crippen LogP contribution < -0.4 is 4.74 Å². The number of carbonyl (C=O) groups excluding carboxylic acids is 1. The normalized spacial score (nSPS) is 10.2. The van der Waals surface area contributed by atoms with Crippen LogP contribution in [0.25, 0.3) is 0 Å². The van der Waals surface area contributed by atoms with Crippen LogP contribution in [0.3, 0.4) is 0 Å². The number of hydrogen-bond acceptors (Lipinski definition) is 3. The van der Waals surface area contributed by atoms with Crippen molar-refractivity contribution in [2.45, 2.75) is 6.42 Å². The Morgan fingerprint density at radius 2 is 1.94 bits per heavy atom. The van der Waals surface area contributed by atoms with Gasteiger partial charge >= 0.3 is 0 Å². The summed E-state index contributed by atoms with van der Waals surface area (Å²) in [7, 11) is 0. The maximum Gasteiger partial charge on any atom is 0.175 e. The summed E-state index contributed by atoms with van der Waals surface area (Å²) < 4.78 is 6.07. The van der Waals surface area contributed by atoms with Crippen LogP contribution in [0, 0.1) is 0 Å². The Hall–Kier alpha value is -1.32. The van der Waals surface area contributed by atoms with Gasteiger partial charge in [-0.3, -0.25) is 4.79 Å². The molecule has 0 atom stereocenters. The fourth-order valence-corrected chi connectivity index (χ4v) is 2.49. The number of para-hydroxylation sites is 1. The molecule has 1 heterocycles. The van der Waals surface area contributed by atoms with Gasteiger partial charge in [-0.25, -0.2) is 0 Å². The molecule has 17 heavy (non-hydrogen) atoms. The third-order valence-electron chi connectivity index (χ3n) is 2.14. The third kappa shape index (κ3) is 3.88. The van der Waals surface area contributed by atoms with Gasteiger partial charge in [-0.2, -0.15) is 0 Å². The zero-order valence-electron chi connectivity index (χ0n) is 9.06. The molecule has 1 aromatic carbocycles. The number of thiophene rings is 1. The first-order valence-corrected chi connectivity index (χ1v) is 6.37. The van der Waals surface area contributed by atoms with Gasteiger partial charge < -0.3 is 4.74 Å². The summed E-state index contributed by atoms with van der Waals surface area (Å²) >= 11 is 7.22. The quantitative estimate of drug-likeness (QED) is 0.827. The molecule has 0 spiro atoms. The first-order valence-electron chi connectivity index (χ1n) is 5.18. The summed E-state index contributed by atoms with van der Waals surface area (Å²) in [4.78, 5) is 12.6. The van der Waals surface area contributed by atoms with Crippen LogP contribution in [0.2, 0.25) is 4.34 Å². The van der Waals surface area contributed by atoms with Gasteiger partial charge in [0.05, 0.1) is 4.34 Å². The van der Waals surface area contributed by atoms with Gasteiger partial charge in [-0.1, -0.05) is 29.8 Å². The number of benzene rings is 1. The lowest BCUT2D eigenvalue weighted by Gasteiger charge is -2.04. The Kier molecular flexibility index (Phi) is 4.18. The Labute approximate surface area is 109 Å². The molecular formula is C13H11ClO2S. The molecule has 0 aliphatic rings. The van der Waals surface area contributed by atoms with Gasteiger partial charge in [0, 0.05) is 11.3 Å². The minimum atomic E-state index is 0.0485. The first-order chi connectivity index (χ1) is 8.24. The van der Waals surface area contributed by atoms with Crippen LogP contribution in [-0.4, -0.2) is 12.4 Å². The van der Waals surface area contributed by atoms with Crippen molar-refractivity contribution < 1.29 is 9.53 Å². The van der Waals surface area contributed by atoms with E-state index in [2.05, 4.69) is 0 Å². The van der Waals surface area contributed by atoms with E-state index >= 15 is 0 Å². The number of carbonyl (C=O) groups is 1. The van der Waals surface area contributed by atoms with Crippen molar-refractivity contribution in [3.05, 3.63) is 51.7 Å². The van der Waals surface area contributed by atoms with E-state index in [4.69, 9.17) is 16.3 Å². The van der Waals surface area contributed by atoms with E-state index in [9.17, 15) is 4.79 Å². The van der Waals surface area contributed by atoms with E-state index < -0.39 is 0 Å². The predicted molar refractivity (Wildman–Crippen MR) is 70.0 cm³/mol. The Morgan fingerprint density at radius 3 is 2.59 bits per heavy atom. The molecule has 0 saturated heterocycles. The van der Waals surface area contributed by atoms with E-state index in [0.29, 0.717) is 16.5 Å². The second kappa shape index (κ2) is 5.84. The molecule has 0 amide bonds. The average Bonchev–Trinajstić information content (AvgIpc) is 2.73. The van der Waals surface area contributed by atoms with E-state index in [0.717, 1.165) is 4.88 Å². The summed E-state index contributed by atoms with van der Waals surface area (Å²) in [5, 5.41) is 0. The highest BCUT2D eigenvalue weighted by Gasteiger charge is 2.06. The second-order valence-electron chi connectivity index (χ2n) is 3.52. The Bertz CT molecular complexity index is 493. The summed E-state index contributed by atoms with van der Waals surface area (Å²) in [6, 6.07) is 13.0. The van der Waals surface area contributed by atoms with Crippen LogP contribution in [0.4, 0.5) is 0 Å².